The fraction of sp³-hybridized carbons (Fsp3) is 0.256. The van der Waals surface area contributed by atoms with Gasteiger partial charge < -0.3 is 0 Å². The fourth-order valence-electron chi connectivity index (χ4n) is 7.85. The molecule has 1 heterocycles. The van der Waals surface area contributed by atoms with Gasteiger partial charge in [0, 0.05) is 0 Å². The summed E-state index contributed by atoms with van der Waals surface area (Å²) in [4.78, 5) is 0. The van der Waals surface area contributed by atoms with Crippen LogP contribution in [0.5, 0.6) is 0 Å². The monoisotopic (exact) mass is 760 g/mol. The minimum atomic E-state index is -3.98. The SMILES string of the molecule is C/C=[C](\[C@@H]1OC(C)(C)O[C@@H]1CO[Si](c1ccccc1)(c1ccccc1)C(C)(C)C)[Sn]([c]1ccccc1)([c]1ccccc1)[c]1ccccc1. The van der Waals surface area contributed by atoms with E-state index < -0.39 is 32.5 Å². The molecule has 1 saturated heterocycles. The maximum absolute atomic E-state index is 7.53. The minimum absolute atomic E-state index is 0.148. The number of ether oxygens (including phenoxy) is 2. The van der Waals surface area contributed by atoms with Gasteiger partial charge in [-0.05, 0) is 0 Å². The Morgan fingerprint density at radius 1 is 0.646 bits per heavy atom. The number of rotatable bonds is 10. The summed E-state index contributed by atoms with van der Waals surface area (Å²) in [5, 5.41) is 2.37. The Bertz CT molecular complexity index is 1650. The van der Waals surface area contributed by atoms with Crippen LogP contribution in [-0.4, -0.2) is 51.3 Å². The molecule has 1 fully saturated rings. The molecular formula is C43H48O3SiSn. The van der Waals surface area contributed by atoms with Crippen molar-refractivity contribution in [2.45, 2.75) is 64.6 Å². The van der Waals surface area contributed by atoms with Crippen molar-refractivity contribution in [3.63, 3.8) is 0 Å². The van der Waals surface area contributed by atoms with Gasteiger partial charge in [0.25, 0.3) is 0 Å². The Balaban J connectivity index is 1.51. The molecule has 6 rings (SSSR count). The van der Waals surface area contributed by atoms with Gasteiger partial charge in [0.05, 0.1) is 0 Å². The molecule has 3 nitrogen and oxygen atoms in total. The summed E-state index contributed by atoms with van der Waals surface area (Å²) in [7, 11) is -2.81. The summed E-state index contributed by atoms with van der Waals surface area (Å²) in [5.74, 6) is -0.778. The zero-order valence-corrected chi connectivity index (χ0v) is 33.0. The van der Waals surface area contributed by atoms with E-state index in [1.54, 1.807) is 0 Å². The van der Waals surface area contributed by atoms with Gasteiger partial charge in [-0.1, -0.05) is 0 Å². The Morgan fingerprint density at radius 2 is 1.02 bits per heavy atom. The van der Waals surface area contributed by atoms with E-state index in [-0.39, 0.29) is 17.2 Å². The van der Waals surface area contributed by atoms with Gasteiger partial charge in [0.15, 0.2) is 0 Å². The van der Waals surface area contributed by atoms with E-state index in [0.29, 0.717) is 6.61 Å². The average Bonchev–Trinajstić information content (AvgIpc) is 3.42. The molecule has 246 valence electrons. The van der Waals surface area contributed by atoms with E-state index in [1.807, 2.05) is 13.8 Å². The molecule has 0 aliphatic carbocycles. The summed E-state index contributed by atoms with van der Waals surface area (Å²) in [6, 6.07) is 55.1. The van der Waals surface area contributed by atoms with Gasteiger partial charge in [0.2, 0.25) is 0 Å². The van der Waals surface area contributed by atoms with E-state index in [9.17, 15) is 0 Å². The maximum atomic E-state index is 7.53. The van der Waals surface area contributed by atoms with Crippen molar-refractivity contribution in [1.29, 1.82) is 0 Å². The van der Waals surface area contributed by atoms with Gasteiger partial charge in [-0.15, -0.1) is 0 Å². The van der Waals surface area contributed by atoms with E-state index in [2.05, 4.69) is 185 Å². The van der Waals surface area contributed by atoms with Crippen LogP contribution in [0.25, 0.3) is 0 Å². The van der Waals surface area contributed by atoms with Crippen LogP contribution in [-0.2, 0) is 13.9 Å². The van der Waals surface area contributed by atoms with Crippen LogP contribution in [0.15, 0.2) is 161 Å². The first-order valence-electron chi connectivity index (χ1n) is 17.1. The van der Waals surface area contributed by atoms with E-state index in [0.717, 1.165) is 0 Å². The first-order chi connectivity index (χ1) is 23.1. The van der Waals surface area contributed by atoms with Crippen molar-refractivity contribution < 1.29 is 13.9 Å². The van der Waals surface area contributed by atoms with Crippen molar-refractivity contribution in [1.82, 2.24) is 0 Å². The summed E-state index contributed by atoms with van der Waals surface area (Å²) < 4.78 is 27.0. The molecule has 48 heavy (non-hydrogen) atoms. The normalized spacial score (nSPS) is 18.5. The molecule has 2 atom stereocenters. The summed E-state index contributed by atoms with van der Waals surface area (Å²) in [6.07, 6.45) is 1.74. The van der Waals surface area contributed by atoms with Crippen molar-refractivity contribution in [2.75, 3.05) is 6.61 Å². The number of benzene rings is 5. The molecular weight excluding hydrogens is 711 g/mol. The molecule has 0 bridgehead atoms. The van der Waals surface area contributed by atoms with Crippen molar-refractivity contribution in [3.05, 3.63) is 161 Å². The van der Waals surface area contributed by atoms with Crippen LogP contribution < -0.4 is 21.1 Å². The van der Waals surface area contributed by atoms with Gasteiger partial charge in [-0.2, -0.15) is 0 Å². The third-order valence-corrected chi connectivity index (χ3v) is 29.1. The molecule has 0 saturated carbocycles. The standard InChI is InChI=1S/C25H33O3Si.3C6H5.Sn/c1-7-14-22-23(28-25(5,6)27-22)19-26-29(24(2,3)4,20-15-10-8-11-16-20)21-17-12-9-13-18-21;3*1-2-4-6-5-3-1;/h7-13,15-18,22-23H,19H2,1-6H3;3*1-5H;/t22-,23+;;;;/m0..../s1. The molecule has 0 amide bonds. The van der Waals surface area contributed by atoms with Crippen molar-refractivity contribution in [3.8, 4) is 0 Å². The molecule has 0 radical (unpaired) electrons. The summed E-state index contributed by atoms with van der Waals surface area (Å²) in [5.41, 5.74) is 0. The predicted octanol–water partition coefficient (Wildman–Crippen LogP) is 6.74. The van der Waals surface area contributed by atoms with Gasteiger partial charge in [0.1, 0.15) is 0 Å². The average molecular weight is 760 g/mol. The molecule has 0 aromatic heterocycles. The molecule has 0 N–H and O–H groups in total. The predicted molar refractivity (Wildman–Crippen MR) is 205 cm³/mol. The number of hydrogen-bond acceptors (Lipinski definition) is 3. The van der Waals surface area contributed by atoms with Crippen molar-refractivity contribution in [2.24, 2.45) is 0 Å². The van der Waals surface area contributed by atoms with E-state index in [1.165, 1.54) is 24.7 Å². The molecule has 0 unspecified atom stereocenters. The van der Waals surface area contributed by atoms with Crippen LogP contribution in [0.2, 0.25) is 5.04 Å². The zero-order chi connectivity index (χ0) is 33.8. The van der Waals surface area contributed by atoms with Gasteiger partial charge in [-0.3, -0.25) is 0 Å². The molecule has 5 aromatic rings. The second-order valence-electron chi connectivity index (χ2n) is 14.2. The third kappa shape index (κ3) is 6.41. The quantitative estimate of drug-likeness (QED) is 0.148. The topological polar surface area (TPSA) is 27.7 Å². The number of hydrogen-bond donors (Lipinski definition) is 0. The molecule has 5 heteroatoms. The Kier molecular flexibility index (Phi) is 10.3. The van der Waals surface area contributed by atoms with Gasteiger partial charge in [-0.25, -0.2) is 0 Å². The molecule has 1 aliphatic rings. The van der Waals surface area contributed by atoms with Crippen LogP contribution in [0.3, 0.4) is 0 Å². The summed E-state index contributed by atoms with van der Waals surface area (Å²) >= 11 is -3.98. The summed E-state index contributed by atoms with van der Waals surface area (Å²) in [6.45, 7) is 13.7. The molecule has 5 aromatic carbocycles. The second-order valence-corrected chi connectivity index (χ2v) is 29.3. The van der Waals surface area contributed by atoms with E-state index in [4.69, 9.17) is 13.9 Å². The van der Waals surface area contributed by atoms with Crippen LogP contribution in [0.1, 0.15) is 41.5 Å². The number of allylic oxidation sites excluding steroid dienone is 1. The third-order valence-electron chi connectivity index (χ3n) is 9.74. The van der Waals surface area contributed by atoms with Gasteiger partial charge >= 0.3 is 294 Å². The van der Waals surface area contributed by atoms with Crippen LogP contribution in [0, 0.1) is 0 Å². The zero-order valence-electron chi connectivity index (χ0n) is 29.1. The fourth-order valence-corrected chi connectivity index (χ4v) is 27.2. The first kappa shape index (κ1) is 34.6. The first-order valence-corrected chi connectivity index (χ1v) is 24.7. The molecule has 1 aliphatic heterocycles. The Morgan fingerprint density at radius 3 is 1.38 bits per heavy atom. The Hall–Kier alpha value is -3.26. The van der Waals surface area contributed by atoms with Crippen molar-refractivity contribution >= 4 is 47.8 Å². The Labute approximate surface area is 292 Å². The van der Waals surface area contributed by atoms with E-state index >= 15 is 0 Å². The second kappa shape index (κ2) is 14.3. The molecule has 0 spiro atoms. The van der Waals surface area contributed by atoms with Crippen LogP contribution >= 0.6 is 0 Å². The van der Waals surface area contributed by atoms with Crippen LogP contribution in [0.4, 0.5) is 0 Å².